The summed E-state index contributed by atoms with van der Waals surface area (Å²) in [6.45, 7) is 4.79. The Morgan fingerprint density at radius 3 is 2.49 bits per heavy atom. The van der Waals surface area contributed by atoms with Crippen molar-refractivity contribution in [1.29, 1.82) is 5.26 Å². The van der Waals surface area contributed by atoms with Gasteiger partial charge in [0.2, 0.25) is 10.0 Å². The number of benzene rings is 2. The van der Waals surface area contributed by atoms with Crippen LogP contribution in [0.4, 0.5) is 5.69 Å². The summed E-state index contributed by atoms with van der Waals surface area (Å²) in [5, 5.41) is 9.77. The molecule has 9 nitrogen and oxygen atoms in total. The van der Waals surface area contributed by atoms with Crippen molar-refractivity contribution >= 4 is 15.7 Å². The zero-order chi connectivity index (χ0) is 27.2. The van der Waals surface area contributed by atoms with Crippen LogP contribution in [0.3, 0.4) is 0 Å². The molecule has 1 aromatic heterocycles. The smallest absolute Gasteiger partial charge is 0.211 e. The van der Waals surface area contributed by atoms with E-state index in [0.29, 0.717) is 43.3 Å². The second kappa shape index (κ2) is 12.1. The minimum Gasteiger partial charge on any atom is -0.492 e. The van der Waals surface area contributed by atoms with Gasteiger partial charge in [-0.2, -0.15) is 5.26 Å². The number of ether oxygens (including phenoxy) is 2. The number of piperidine rings is 1. The third-order valence-electron chi connectivity index (χ3n) is 7.29. The molecule has 2 aliphatic rings. The molecule has 204 valence electrons. The molecule has 39 heavy (non-hydrogen) atoms. The van der Waals surface area contributed by atoms with E-state index >= 15 is 0 Å². The third kappa shape index (κ3) is 6.92. The average molecular weight is 548 g/mol. The van der Waals surface area contributed by atoms with E-state index in [9.17, 15) is 13.7 Å². The molecule has 0 spiro atoms. The van der Waals surface area contributed by atoms with Gasteiger partial charge in [-0.05, 0) is 60.7 Å². The maximum atomic E-state index is 11.7. The molecule has 2 fully saturated rings. The summed E-state index contributed by atoms with van der Waals surface area (Å²) in [4.78, 5) is 11.6. The first kappa shape index (κ1) is 27.1. The molecule has 0 unspecified atom stereocenters. The Kier molecular flexibility index (Phi) is 8.41. The minimum absolute atomic E-state index is 0.251. The van der Waals surface area contributed by atoms with E-state index in [1.807, 2.05) is 18.2 Å². The standard InChI is InChI=1S/C29H33N5O4S/c1-39(35,36)34-12-9-23(10-13-34)21-38-28-7-4-24(19-25(28)20-30)27-8-11-31-29(32-27)18-22-2-5-26(6-3-22)33-14-16-37-17-15-33/h2-8,11,19,23H,9-10,12-18,21H2,1H3. The van der Waals surface area contributed by atoms with Gasteiger partial charge < -0.3 is 14.4 Å². The summed E-state index contributed by atoms with van der Waals surface area (Å²) < 4.78 is 36.4. The Balaban J connectivity index is 1.21. The Bertz CT molecular complexity index is 1420. The molecule has 2 saturated heterocycles. The van der Waals surface area contributed by atoms with Crippen LogP contribution in [0.5, 0.6) is 5.75 Å². The van der Waals surface area contributed by atoms with E-state index in [2.05, 4.69) is 40.2 Å². The van der Waals surface area contributed by atoms with Crippen molar-refractivity contribution in [1.82, 2.24) is 14.3 Å². The highest BCUT2D eigenvalue weighted by molar-refractivity contribution is 7.88. The van der Waals surface area contributed by atoms with Gasteiger partial charge in [-0.3, -0.25) is 0 Å². The summed E-state index contributed by atoms with van der Waals surface area (Å²) >= 11 is 0. The van der Waals surface area contributed by atoms with Crippen molar-refractivity contribution in [3.05, 3.63) is 71.7 Å². The number of nitriles is 1. The number of rotatable bonds is 8. The van der Waals surface area contributed by atoms with Crippen LogP contribution in [-0.4, -0.2) is 74.9 Å². The van der Waals surface area contributed by atoms with Crippen LogP contribution in [0.2, 0.25) is 0 Å². The fourth-order valence-corrected chi connectivity index (χ4v) is 5.87. The quantitative estimate of drug-likeness (QED) is 0.422. The highest BCUT2D eigenvalue weighted by atomic mass is 32.2. The van der Waals surface area contributed by atoms with Crippen LogP contribution in [0.25, 0.3) is 11.3 Å². The van der Waals surface area contributed by atoms with Gasteiger partial charge in [0.05, 0.1) is 37.3 Å². The molecule has 2 aliphatic heterocycles. The number of nitrogens with zero attached hydrogens (tertiary/aromatic N) is 5. The van der Waals surface area contributed by atoms with Gasteiger partial charge >= 0.3 is 0 Å². The number of hydrogen-bond acceptors (Lipinski definition) is 8. The summed E-state index contributed by atoms with van der Waals surface area (Å²) in [5.41, 5.74) is 4.35. The van der Waals surface area contributed by atoms with Crippen LogP contribution in [0.15, 0.2) is 54.7 Å². The fraction of sp³-hybridized carbons (Fsp3) is 0.414. The number of morpholine rings is 1. The maximum absolute atomic E-state index is 11.7. The van der Waals surface area contributed by atoms with Crippen LogP contribution >= 0.6 is 0 Å². The Morgan fingerprint density at radius 2 is 1.79 bits per heavy atom. The van der Waals surface area contributed by atoms with Gasteiger partial charge in [-0.25, -0.2) is 22.7 Å². The molecule has 3 aromatic rings. The second-order valence-corrected chi connectivity index (χ2v) is 12.0. The molecule has 0 saturated carbocycles. The number of sulfonamides is 1. The molecule has 2 aromatic carbocycles. The lowest BCUT2D eigenvalue weighted by molar-refractivity contribution is 0.122. The van der Waals surface area contributed by atoms with E-state index < -0.39 is 10.0 Å². The van der Waals surface area contributed by atoms with Gasteiger partial charge in [0.15, 0.2) is 0 Å². The second-order valence-electron chi connectivity index (χ2n) is 10.0. The van der Waals surface area contributed by atoms with Crippen molar-refractivity contribution in [3.63, 3.8) is 0 Å². The lowest BCUT2D eigenvalue weighted by atomic mass is 9.99. The van der Waals surface area contributed by atoms with Crippen LogP contribution in [-0.2, 0) is 21.2 Å². The fourth-order valence-electron chi connectivity index (χ4n) is 4.99. The predicted molar refractivity (Wildman–Crippen MR) is 149 cm³/mol. The van der Waals surface area contributed by atoms with E-state index in [1.54, 1.807) is 12.3 Å². The summed E-state index contributed by atoms with van der Waals surface area (Å²) in [7, 11) is -3.15. The zero-order valence-corrected chi connectivity index (χ0v) is 22.9. The van der Waals surface area contributed by atoms with Crippen LogP contribution in [0, 0.1) is 17.2 Å². The SMILES string of the molecule is CS(=O)(=O)N1CCC(COc2ccc(-c3ccnc(Cc4ccc(N5CCOCC5)cc4)n3)cc2C#N)CC1. The lowest BCUT2D eigenvalue weighted by Crippen LogP contribution is -2.39. The van der Waals surface area contributed by atoms with Crippen LogP contribution < -0.4 is 9.64 Å². The highest BCUT2D eigenvalue weighted by Gasteiger charge is 2.25. The first-order valence-electron chi connectivity index (χ1n) is 13.2. The average Bonchev–Trinajstić information content (AvgIpc) is 2.97. The summed E-state index contributed by atoms with van der Waals surface area (Å²) in [6.07, 6.45) is 5.09. The minimum atomic E-state index is -3.15. The Morgan fingerprint density at radius 1 is 1.05 bits per heavy atom. The van der Waals surface area contributed by atoms with Gasteiger partial charge in [-0.1, -0.05) is 12.1 Å². The van der Waals surface area contributed by atoms with E-state index in [4.69, 9.17) is 14.5 Å². The van der Waals surface area contributed by atoms with Gasteiger partial charge in [0, 0.05) is 50.0 Å². The third-order valence-corrected chi connectivity index (χ3v) is 8.60. The Hall–Kier alpha value is -3.52. The molecule has 0 aliphatic carbocycles. The molecule has 0 amide bonds. The first-order valence-corrected chi connectivity index (χ1v) is 15.1. The number of aromatic nitrogens is 2. The zero-order valence-electron chi connectivity index (χ0n) is 22.1. The van der Waals surface area contributed by atoms with E-state index in [-0.39, 0.29) is 5.92 Å². The molecule has 10 heteroatoms. The molecule has 0 N–H and O–H groups in total. The lowest BCUT2D eigenvalue weighted by Gasteiger charge is -2.30. The molecule has 0 bridgehead atoms. The maximum Gasteiger partial charge on any atom is 0.211 e. The summed E-state index contributed by atoms with van der Waals surface area (Å²) in [6, 6.07) is 18.1. The van der Waals surface area contributed by atoms with Crippen molar-refractivity contribution < 1.29 is 17.9 Å². The monoisotopic (exact) mass is 547 g/mol. The number of anilines is 1. The topological polar surface area (TPSA) is 109 Å². The van der Waals surface area contributed by atoms with Crippen molar-refractivity contribution in [2.45, 2.75) is 19.3 Å². The van der Waals surface area contributed by atoms with Crippen molar-refractivity contribution in [2.75, 3.05) is 57.2 Å². The Labute approximate surface area is 230 Å². The van der Waals surface area contributed by atoms with Gasteiger partial charge in [-0.15, -0.1) is 0 Å². The molecule has 0 atom stereocenters. The molecule has 5 rings (SSSR count). The van der Waals surface area contributed by atoms with Crippen molar-refractivity contribution in [3.8, 4) is 23.1 Å². The van der Waals surface area contributed by atoms with Gasteiger partial charge in [0.25, 0.3) is 0 Å². The highest BCUT2D eigenvalue weighted by Crippen LogP contribution is 2.27. The first-order chi connectivity index (χ1) is 18.9. The molecular formula is C29H33N5O4S. The van der Waals surface area contributed by atoms with E-state index in [1.165, 1.54) is 16.2 Å². The number of hydrogen-bond donors (Lipinski definition) is 0. The molecular weight excluding hydrogens is 514 g/mol. The largest absolute Gasteiger partial charge is 0.492 e. The summed E-state index contributed by atoms with van der Waals surface area (Å²) in [5.74, 6) is 1.49. The normalized spacial score (nSPS) is 17.1. The van der Waals surface area contributed by atoms with Crippen LogP contribution in [0.1, 0.15) is 29.8 Å². The van der Waals surface area contributed by atoms with Crippen molar-refractivity contribution in [2.24, 2.45) is 5.92 Å². The predicted octanol–water partition coefficient (Wildman–Crippen LogP) is 3.49. The van der Waals surface area contributed by atoms with E-state index in [0.717, 1.165) is 56.0 Å². The molecule has 3 heterocycles. The molecule has 0 radical (unpaired) electrons. The van der Waals surface area contributed by atoms with Gasteiger partial charge in [0.1, 0.15) is 17.6 Å².